The Morgan fingerprint density at radius 2 is 2.19 bits per heavy atom. The second kappa shape index (κ2) is 5.90. The highest BCUT2D eigenvalue weighted by Gasteiger charge is 2.35. The van der Waals surface area contributed by atoms with Gasteiger partial charge < -0.3 is 15.3 Å². The maximum atomic E-state index is 12.2. The quantitative estimate of drug-likeness (QED) is 0.861. The fraction of sp³-hybridized carbons (Fsp3) is 0.429. The summed E-state index contributed by atoms with van der Waals surface area (Å²) < 4.78 is 0. The fourth-order valence-electron chi connectivity index (χ4n) is 2.28. The number of amides is 2. The monoisotopic (exact) mass is 291 g/mol. The first-order valence-electron chi connectivity index (χ1n) is 6.68. The van der Waals surface area contributed by atoms with Crippen LogP contribution in [-0.2, 0) is 9.59 Å². The van der Waals surface area contributed by atoms with Crippen molar-refractivity contribution in [1.29, 1.82) is 0 Å². The van der Waals surface area contributed by atoms with Crippen LogP contribution in [0.3, 0.4) is 0 Å². The molecule has 1 atom stereocenters. The van der Waals surface area contributed by atoms with Crippen LogP contribution in [0, 0.1) is 5.92 Å². The molecule has 0 aromatic carbocycles. The van der Waals surface area contributed by atoms with Crippen molar-refractivity contribution in [3.63, 3.8) is 0 Å². The van der Waals surface area contributed by atoms with Crippen LogP contribution < -0.4 is 5.32 Å². The second-order valence-electron chi connectivity index (χ2n) is 5.27. The number of carboxylic acids is 1. The first-order chi connectivity index (χ1) is 9.88. The van der Waals surface area contributed by atoms with Crippen molar-refractivity contribution in [2.24, 2.45) is 5.92 Å². The van der Waals surface area contributed by atoms with Gasteiger partial charge in [0.2, 0.25) is 11.8 Å². The van der Waals surface area contributed by atoms with Crippen molar-refractivity contribution in [1.82, 2.24) is 9.88 Å². The first-order valence-corrected chi connectivity index (χ1v) is 6.68. The third-order valence-corrected chi connectivity index (χ3v) is 3.40. The maximum Gasteiger partial charge on any atom is 0.354 e. The van der Waals surface area contributed by atoms with Gasteiger partial charge in [0.05, 0.1) is 5.92 Å². The van der Waals surface area contributed by atoms with Crippen LogP contribution in [0.2, 0.25) is 0 Å². The van der Waals surface area contributed by atoms with Gasteiger partial charge >= 0.3 is 5.97 Å². The lowest BCUT2D eigenvalue weighted by Crippen LogP contribution is -2.33. The minimum atomic E-state index is -1.16. The van der Waals surface area contributed by atoms with Crippen LogP contribution in [0.15, 0.2) is 18.3 Å². The van der Waals surface area contributed by atoms with Gasteiger partial charge in [0.25, 0.3) is 0 Å². The number of pyridine rings is 1. The third-order valence-electron chi connectivity index (χ3n) is 3.40. The number of rotatable bonds is 4. The van der Waals surface area contributed by atoms with Gasteiger partial charge in [-0.25, -0.2) is 9.78 Å². The number of carboxylic acid groups (broad SMARTS) is 1. The number of carbonyl (C=O) groups excluding carboxylic acids is 2. The van der Waals surface area contributed by atoms with Crippen molar-refractivity contribution in [2.45, 2.75) is 26.3 Å². The van der Waals surface area contributed by atoms with Crippen molar-refractivity contribution in [3.05, 3.63) is 24.0 Å². The van der Waals surface area contributed by atoms with Crippen LogP contribution in [0.5, 0.6) is 0 Å². The Kier molecular flexibility index (Phi) is 4.21. The van der Waals surface area contributed by atoms with Gasteiger partial charge in [-0.2, -0.15) is 0 Å². The summed E-state index contributed by atoms with van der Waals surface area (Å²) in [6.45, 7) is 4.19. The average molecular weight is 291 g/mol. The smallest absolute Gasteiger partial charge is 0.354 e. The Morgan fingerprint density at radius 3 is 2.76 bits per heavy atom. The van der Waals surface area contributed by atoms with Crippen LogP contribution in [0.1, 0.15) is 30.8 Å². The molecule has 1 unspecified atom stereocenters. The summed E-state index contributed by atoms with van der Waals surface area (Å²) in [5.74, 6) is -1.89. The van der Waals surface area contributed by atoms with Crippen LogP contribution in [0.4, 0.5) is 5.69 Å². The SMILES string of the molecule is CC(C)N1CC(C(=O)Nc2ccnc(C(=O)O)c2)CC1=O. The van der Waals surface area contributed by atoms with Crippen molar-refractivity contribution in [3.8, 4) is 0 Å². The average Bonchev–Trinajstić information content (AvgIpc) is 2.81. The molecule has 1 aliphatic heterocycles. The lowest BCUT2D eigenvalue weighted by atomic mass is 10.1. The van der Waals surface area contributed by atoms with E-state index in [9.17, 15) is 14.4 Å². The highest BCUT2D eigenvalue weighted by Crippen LogP contribution is 2.21. The van der Waals surface area contributed by atoms with E-state index in [4.69, 9.17) is 5.11 Å². The summed E-state index contributed by atoms with van der Waals surface area (Å²) >= 11 is 0. The molecule has 2 heterocycles. The topological polar surface area (TPSA) is 99.6 Å². The standard InChI is InChI=1S/C14H17N3O4/c1-8(2)17-7-9(5-12(17)18)13(19)16-10-3-4-15-11(6-10)14(20)21/h3-4,6,8-9H,5,7H2,1-2H3,(H,20,21)(H,15,16,19). The number of nitrogens with one attached hydrogen (secondary N) is 1. The molecule has 0 bridgehead atoms. The number of nitrogens with zero attached hydrogens (tertiary/aromatic N) is 2. The van der Waals surface area contributed by atoms with Crippen molar-refractivity contribution >= 4 is 23.5 Å². The minimum Gasteiger partial charge on any atom is -0.477 e. The Hall–Kier alpha value is -2.44. The molecule has 2 amide bonds. The highest BCUT2D eigenvalue weighted by atomic mass is 16.4. The maximum absolute atomic E-state index is 12.2. The molecule has 21 heavy (non-hydrogen) atoms. The fourth-order valence-corrected chi connectivity index (χ4v) is 2.28. The number of aromatic carboxylic acids is 1. The van der Waals surface area contributed by atoms with Crippen molar-refractivity contribution in [2.75, 3.05) is 11.9 Å². The molecular formula is C14H17N3O4. The molecule has 1 fully saturated rings. The van der Waals surface area contributed by atoms with Gasteiger partial charge in [0, 0.05) is 30.9 Å². The molecule has 0 spiro atoms. The summed E-state index contributed by atoms with van der Waals surface area (Å²) in [7, 11) is 0. The lowest BCUT2D eigenvalue weighted by molar-refractivity contribution is -0.129. The van der Waals surface area contributed by atoms with E-state index in [1.807, 2.05) is 13.8 Å². The molecule has 7 nitrogen and oxygen atoms in total. The summed E-state index contributed by atoms with van der Waals surface area (Å²) in [5, 5.41) is 11.5. The molecular weight excluding hydrogens is 274 g/mol. The van der Waals surface area contributed by atoms with E-state index in [0.717, 1.165) is 0 Å². The van der Waals surface area contributed by atoms with Gasteiger partial charge in [0.15, 0.2) is 0 Å². The molecule has 2 N–H and O–H groups in total. The Labute approximate surface area is 122 Å². The molecule has 7 heteroatoms. The molecule has 1 aliphatic rings. The molecule has 1 aromatic rings. The van der Waals surface area contributed by atoms with Gasteiger partial charge in [-0.05, 0) is 26.0 Å². The van der Waals surface area contributed by atoms with E-state index in [2.05, 4.69) is 10.3 Å². The summed E-state index contributed by atoms with van der Waals surface area (Å²) in [6, 6.07) is 2.87. The molecule has 0 radical (unpaired) electrons. The van der Waals surface area contributed by atoms with Gasteiger partial charge in [-0.3, -0.25) is 9.59 Å². The van der Waals surface area contributed by atoms with E-state index in [-0.39, 0.29) is 30.0 Å². The number of carbonyl (C=O) groups is 3. The number of anilines is 1. The molecule has 1 saturated heterocycles. The number of hydrogen-bond donors (Lipinski definition) is 2. The van der Waals surface area contributed by atoms with Crippen LogP contribution in [-0.4, -0.2) is 45.4 Å². The third kappa shape index (κ3) is 3.36. The molecule has 1 aromatic heterocycles. The highest BCUT2D eigenvalue weighted by molar-refractivity contribution is 5.98. The van der Waals surface area contributed by atoms with Gasteiger partial charge in [-0.1, -0.05) is 0 Å². The molecule has 2 rings (SSSR count). The van der Waals surface area contributed by atoms with E-state index < -0.39 is 11.9 Å². The van der Waals surface area contributed by atoms with E-state index >= 15 is 0 Å². The minimum absolute atomic E-state index is 0.0360. The summed E-state index contributed by atoms with van der Waals surface area (Å²) in [4.78, 5) is 40.1. The van der Waals surface area contributed by atoms with Crippen molar-refractivity contribution < 1.29 is 19.5 Å². The number of aromatic nitrogens is 1. The Morgan fingerprint density at radius 1 is 1.48 bits per heavy atom. The number of hydrogen-bond acceptors (Lipinski definition) is 4. The van der Waals surface area contributed by atoms with E-state index in [1.54, 1.807) is 4.90 Å². The lowest BCUT2D eigenvalue weighted by Gasteiger charge is -2.20. The largest absolute Gasteiger partial charge is 0.477 e. The Balaban J connectivity index is 2.04. The zero-order valence-corrected chi connectivity index (χ0v) is 11.9. The van der Waals surface area contributed by atoms with Gasteiger partial charge in [0.1, 0.15) is 5.69 Å². The second-order valence-corrected chi connectivity index (χ2v) is 5.27. The van der Waals surface area contributed by atoms with Gasteiger partial charge in [-0.15, -0.1) is 0 Å². The zero-order valence-electron chi connectivity index (χ0n) is 11.9. The summed E-state index contributed by atoms with van der Waals surface area (Å²) in [6.07, 6.45) is 1.50. The van der Waals surface area contributed by atoms with E-state index in [1.165, 1.54) is 18.3 Å². The predicted octanol–water partition coefficient (Wildman–Crippen LogP) is 0.975. The zero-order chi connectivity index (χ0) is 15.6. The number of likely N-dealkylation sites (tertiary alicyclic amines) is 1. The molecule has 0 saturated carbocycles. The molecule has 0 aliphatic carbocycles. The predicted molar refractivity (Wildman–Crippen MR) is 74.8 cm³/mol. The molecule has 112 valence electrons. The van der Waals surface area contributed by atoms with Crippen LogP contribution in [0.25, 0.3) is 0 Å². The van der Waals surface area contributed by atoms with Crippen LogP contribution >= 0.6 is 0 Å². The van der Waals surface area contributed by atoms with E-state index in [0.29, 0.717) is 12.2 Å². The normalized spacial score (nSPS) is 18.1. The Bertz CT molecular complexity index is 585. The summed E-state index contributed by atoms with van der Waals surface area (Å²) in [5.41, 5.74) is 0.224. The first kappa shape index (κ1) is 15.0.